The minimum atomic E-state index is -0.515. The molecule has 0 fully saturated rings. The van der Waals surface area contributed by atoms with Crippen LogP contribution >= 0.6 is 15.9 Å². The van der Waals surface area contributed by atoms with E-state index >= 15 is 0 Å². The largest absolute Gasteiger partial charge is 0.507 e. The number of ether oxygens (including phenoxy) is 9. The molecule has 0 amide bonds. The van der Waals surface area contributed by atoms with Crippen LogP contribution in [0.2, 0.25) is 0 Å². The third-order valence-corrected chi connectivity index (χ3v) is 12.1. The average molecular weight is 1090 g/mol. The van der Waals surface area contributed by atoms with Crippen LogP contribution in [0.15, 0.2) is 121 Å². The summed E-state index contributed by atoms with van der Waals surface area (Å²) in [4.78, 5) is 25.3. The molecule has 0 spiro atoms. The number of carbonyl (C=O) groups is 2. The van der Waals surface area contributed by atoms with E-state index in [0.717, 1.165) is 11.1 Å². The van der Waals surface area contributed by atoms with Gasteiger partial charge in [-0.2, -0.15) is 0 Å². The standard InChI is InChI=1S/C30H32O7.C17H17BrO3.C13H16O4/c1-5-34-21-11-12-22(27(15-21)35-18-20-9-7-6-8-10-20)25(32)19-36-29-23-13-14-30(2,3)37-28(23)16-26(33-4)24(29)17-31;1-2-20-14-8-9-15(16(19)11-18)17(10-14)21-12-13-6-4-3-5-7-13;1-13(2)5-4-8-11(17-13)6-10(16-3)9(7-14)12(8)15/h6-16,31H,5,17-19H2,1-4H3;3-10H,2,11-12H2,1H3;4-6,14-15H,7H2,1-3H3. The van der Waals surface area contributed by atoms with Crippen molar-refractivity contribution in [3.8, 4) is 57.5 Å². The fourth-order valence-electron chi connectivity index (χ4n) is 7.85. The van der Waals surface area contributed by atoms with Gasteiger partial charge in [-0.15, -0.1) is 0 Å². The van der Waals surface area contributed by atoms with Crippen LogP contribution in [0.3, 0.4) is 0 Å². The molecule has 2 aliphatic heterocycles. The van der Waals surface area contributed by atoms with E-state index in [1.165, 1.54) is 14.2 Å². The minimum Gasteiger partial charge on any atom is -0.507 e. The minimum absolute atomic E-state index is 0.00796. The first-order valence-electron chi connectivity index (χ1n) is 24.3. The number of hydrogen-bond acceptors (Lipinski definition) is 14. The Kier molecular flexibility index (Phi) is 20.2. The Morgan fingerprint density at radius 3 is 1.47 bits per heavy atom. The van der Waals surface area contributed by atoms with Crippen molar-refractivity contribution in [3.05, 3.63) is 166 Å². The molecule has 2 aliphatic rings. The number of methoxy groups -OCH3 is 2. The van der Waals surface area contributed by atoms with Crippen molar-refractivity contribution in [1.82, 2.24) is 0 Å². The average Bonchev–Trinajstić information content (AvgIpc) is 3.41. The normalized spacial score (nSPS) is 13.1. The highest BCUT2D eigenvalue weighted by atomic mass is 79.9. The van der Waals surface area contributed by atoms with Crippen molar-refractivity contribution in [2.75, 3.05) is 39.4 Å². The lowest BCUT2D eigenvalue weighted by Gasteiger charge is -2.30. The lowest BCUT2D eigenvalue weighted by atomic mass is 9.99. The summed E-state index contributed by atoms with van der Waals surface area (Å²) in [6.07, 6.45) is 7.44. The first kappa shape index (κ1) is 56.8. The van der Waals surface area contributed by atoms with Crippen LogP contribution in [0.5, 0.6) is 57.5 Å². The van der Waals surface area contributed by atoms with Crippen LogP contribution in [0.25, 0.3) is 12.2 Å². The monoisotopic (exact) mass is 1090 g/mol. The highest BCUT2D eigenvalue weighted by Gasteiger charge is 2.29. The number of phenols is 1. The number of alkyl halides is 1. The third-order valence-electron chi connectivity index (χ3n) is 11.6. The van der Waals surface area contributed by atoms with Gasteiger partial charge in [0.25, 0.3) is 0 Å². The van der Waals surface area contributed by atoms with E-state index < -0.39 is 11.2 Å². The molecule has 0 saturated heterocycles. The van der Waals surface area contributed by atoms with Gasteiger partial charge in [0.1, 0.15) is 81.9 Å². The van der Waals surface area contributed by atoms with Crippen LogP contribution in [0, 0.1) is 0 Å². The summed E-state index contributed by atoms with van der Waals surface area (Å²) in [5.74, 6) is 4.28. The number of carbonyl (C=O) groups excluding carboxylic acids is 2. The molecule has 0 atom stereocenters. The second kappa shape index (κ2) is 26.7. The van der Waals surface area contributed by atoms with E-state index in [1.54, 1.807) is 54.6 Å². The van der Waals surface area contributed by atoms with Crippen molar-refractivity contribution in [3.63, 3.8) is 0 Å². The van der Waals surface area contributed by atoms with Crippen LogP contribution in [-0.2, 0) is 26.4 Å². The van der Waals surface area contributed by atoms with E-state index in [9.17, 15) is 24.9 Å². The molecule has 15 heteroatoms. The number of hydrogen-bond donors (Lipinski definition) is 3. The zero-order chi connectivity index (χ0) is 54.1. The van der Waals surface area contributed by atoms with Crippen molar-refractivity contribution < 1.29 is 67.5 Å². The number of rotatable bonds is 20. The number of halogens is 1. The number of aliphatic hydroxyl groups excluding tert-OH is 2. The van der Waals surface area contributed by atoms with Gasteiger partial charge in [-0.3, -0.25) is 9.59 Å². The molecule has 0 bridgehead atoms. The molecule has 0 aromatic heterocycles. The molecule has 8 rings (SSSR count). The number of benzene rings is 6. The van der Waals surface area contributed by atoms with Gasteiger partial charge in [-0.1, -0.05) is 76.6 Å². The molecule has 0 unspecified atom stereocenters. The van der Waals surface area contributed by atoms with Crippen LogP contribution in [-0.4, -0.2) is 77.5 Å². The number of fused-ring (bicyclic) bond motifs is 2. The van der Waals surface area contributed by atoms with Gasteiger partial charge in [0.2, 0.25) is 5.78 Å². The van der Waals surface area contributed by atoms with Gasteiger partial charge in [0.15, 0.2) is 12.4 Å². The molecule has 2 heterocycles. The van der Waals surface area contributed by atoms with Crippen LogP contribution in [0.1, 0.15) is 95.6 Å². The number of aromatic hydroxyl groups is 1. The molecule has 75 heavy (non-hydrogen) atoms. The molecular weight excluding hydrogens is 1020 g/mol. The van der Waals surface area contributed by atoms with Gasteiger partial charge < -0.3 is 58.0 Å². The van der Waals surface area contributed by atoms with Gasteiger partial charge in [-0.05, 0) is 101 Å². The Balaban J connectivity index is 0.000000202. The van der Waals surface area contributed by atoms with Gasteiger partial charge in [-0.25, -0.2) is 0 Å². The molecule has 3 N–H and O–H groups in total. The van der Waals surface area contributed by atoms with Crippen LogP contribution < -0.4 is 42.6 Å². The number of Topliss-reactive ketones (excluding diaryl/α,β-unsaturated/α-hetero) is 2. The maximum atomic E-state index is 13.4. The molecule has 0 aliphatic carbocycles. The summed E-state index contributed by atoms with van der Waals surface area (Å²) in [7, 11) is 3.00. The smallest absolute Gasteiger partial charge is 0.203 e. The molecule has 6 aromatic rings. The Hall–Kier alpha value is -7.46. The Morgan fingerprint density at radius 1 is 0.560 bits per heavy atom. The molecule has 396 valence electrons. The fraction of sp³-hybridized carbons (Fsp3) is 0.300. The summed E-state index contributed by atoms with van der Waals surface area (Å²) in [5, 5.41) is 29.6. The second-order valence-corrected chi connectivity index (χ2v) is 18.6. The fourth-order valence-corrected chi connectivity index (χ4v) is 8.15. The van der Waals surface area contributed by atoms with E-state index in [0.29, 0.717) is 112 Å². The first-order chi connectivity index (χ1) is 36.1. The lowest BCUT2D eigenvalue weighted by Crippen LogP contribution is -2.28. The Labute approximate surface area is 447 Å². The molecule has 0 saturated carbocycles. The third kappa shape index (κ3) is 15.1. The predicted molar refractivity (Wildman–Crippen MR) is 292 cm³/mol. The summed E-state index contributed by atoms with van der Waals surface area (Å²) in [6, 6.07) is 33.4. The van der Waals surface area contributed by atoms with Gasteiger partial charge >= 0.3 is 0 Å². The number of aliphatic hydroxyl groups is 2. The Morgan fingerprint density at radius 2 is 1.01 bits per heavy atom. The molecule has 6 aromatic carbocycles. The zero-order valence-electron chi connectivity index (χ0n) is 43.6. The lowest BCUT2D eigenvalue weighted by molar-refractivity contribution is 0.0911. The molecular formula is C60H65BrO14. The highest BCUT2D eigenvalue weighted by molar-refractivity contribution is 9.09. The maximum Gasteiger partial charge on any atom is 0.203 e. The van der Waals surface area contributed by atoms with E-state index in [2.05, 4.69) is 15.9 Å². The van der Waals surface area contributed by atoms with Crippen molar-refractivity contribution in [2.45, 2.75) is 79.2 Å². The predicted octanol–water partition coefficient (Wildman–Crippen LogP) is 11.9. The van der Waals surface area contributed by atoms with E-state index in [1.807, 2.05) is 120 Å². The summed E-state index contributed by atoms with van der Waals surface area (Å²) >= 11 is 3.19. The SMILES string of the molecule is CCOc1ccc(C(=O)CBr)c(OCc2ccccc2)c1.CCOc1ccc(C(=O)COc2c3c(cc(OC)c2CO)OC(C)(C)C=C3)c(OCc2ccccc2)c1.COc1cc2c(c(O)c1CO)C=CC(C)(C)O2. The second-order valence-electron chi connectivity index (χ2n) is 18.0. The van der Waals surface area contributed by atoms with Gasteiger partial charge in [0, 0.05) is 24.3 Å². The zero-order valence-corrected chi connectivity index (χ0v) is 45.2. The van der Waals surface area contributed by atoms with E-state index in [-0.39, 0.29) is 42.5 Å². The van der Waals surface area contributed by atoms with Gasteiger partial charge in [0.05, 0.1) is 79.4 Å². The summed E-state index contributed by atoms with van der Waals surface area (Å²) in [6.45, 7) is 12.4. The van der Waals surface area contributed by atoms with Crippen LogP contribution in [0.4, 0.5) is 0 Å². The highest BCUT2D eigenvalue weighted by Crippen LogP contribution is 2.45. The quantitative estimate of drug-likeness (QED) is 0.0486. The van der Waals surface area contributed by atoms with Crippen molar-refractivity contribution in [2.24, 2.45) is 0 Å². The topological polar surface area (TPSA) is 178 Å². The number of ketones is 2. The van der Waals surface area contributed by atoms with E-state index in [4.69, 9.17) is 42.6 Å². The first-order valence-corrected chi connectivity index (χ1v) is 25.5. The summed E-state index contributed by atoms with van der Waals surface area (Å²) in [5.41, 5.74) is 4.07. The Bertz CT molecular complexity index is 2950. The van der Waals surface area contributed by atoms with Crippen molar-refractivity contribution >= 4 is 39.6 Å². The molecule has 14 nitrogen and oxygen atoms in total. The molecule has 0 radical (unpaired) electrons. The summed E-state index contributed by atoms with van der Waals surface area (Å²) < 4.78 is 51.4. The van der Waals surface area contributed by atoms with Crippen molar-refractivity contribution in [1.29, 1.82) is 0 Å². The maximum absolute atomic E-state index is 13.4.